The van der Waals surface area contributed by atoms with Gasteiger partial charge in [0, 0.05) is 5.56 Å². The molecule has 4 rings (SSSR count). The summed E-state index contributed by atoms with van der Waals surface area (Å²) in [6.45, 7) is 4.37. The Morgan fingerprint density at radius 3 is 2.61 bits per heavy atom. The average molecular weight is 372 g/mol. The van der Waals surface area contributed by atoms with E-state index in [0.717, 1.165) is 28.3 Å². The highest BCUT2D eigenvalue weighted by molar-refractivity contribution is 5.59. The van der Waals surface area contributed by atoms with Crippen LogP contribution >= 0.6 is 0 Å². The number of aryl methyl sites for hydroxylation is 1. The van der Waals surface area contributed by atoms with Gasteiger partial charge in [-0.05, 0) is 32.0 Å². The van der Waals surface area contributed by atoms with Crippen LogP contribution in [0.4, 0.5) is 0 Å². The Morgan fingerprint density at radius 2 is 1.89 bits per heavy atom. The summed E-state index contributed by atoms with van der Waals surface area (Å²) >= 11 is 0. The Kier molecular flexibility index (Phi) is 4.50. The van der Waals surface area contributed by atoms with Crippen LogP contribution in [0, 0.1) is 18.3 Å². The summed E-state index contributed by atoms with van der Waals surface area (Å²) in [4.78, 5) is 0. The third-order valence-electron chi connectivity index (χ3n) is 4.76. The van der Waals surface area contributed by atoms with Crippen LogP contribution in [0.5, 0.6) is 11.6 Å². The fourth-order valence-corrected chi connectivity index (χ4v) is 3.58. The number of benzene rings is 2. The van der Waals surface area contributed by atoms with Crippen LogP contribution in [0.3, 0.4) is 0 Å². The minimum absolute atomic E-state index is 0.0865. The third-order valence-corrected chi connectivity index (χ3v) is 4.76. The normalized spacial score (nSPS) is 15.5. The number of fused-ring (bicyclic) bond motifs is 1. The van der Waals surface area contributed by atoms with Crippen molar-refractivity contribution in [1.29, 1.82) is 5.26 Å². The van der Waals surface area contributed by atoms with Crippen LogP contribution in [0.25, 0.3) is 5.69 Å². The van der Waals surface area contributed by atoms with E-state index in [0.29, 0.717) is 18.1 Å². The van der Waals surface area contributed by atoms with E-state index >= 15 is 0 Å². The average Bonchev–Trinajstić information content (AvgIpc) is 3.04. The molecule has 0 spiro atoms. The Morgan fingerprint density at radius 1 is 1.18 bits per heavy atom. The van der Waals surface area contributed by atoms with Gasteiger partial charge in [0.2, 0.25) is 11.8 Å². The molecule has 0 unspecified atom stereocenters. The quantitative estimate of drug-likeness (QED) is 0.753. The lowest BCUT2D eigenvalue weighted by Crippen LogP contribution is -2.22. The second-order valence-electron chi connectivity index (χ2n) is 6.45. The molecule has 0 radical (unpaired) electrons. The lowest BCUT2D eigenvalue weighted by Gasteiger charge is -2.26. The molecule has 1 atom stereocenters. The molecule has 0 saturated heterocycles. The van der Waals surface area contributed by atoms with Crippen LogP contribution in [-0.2, 0) is 0 Å². The second-order valence-corrected chi connectivity index (χ2v) is 6.45. The smallest absolute Gasteiger partial charge is 0.229 e. The summed E-state index contributed by atoms with van der Waals surface area (Å²) in [6.07, 6.45) is 0. The third kappa shape index (κ3) is 2.78. The van der Waals surface area contributed by atoms with E-state index in [-0.39, 0.29) is 5.88 Å². The van der Waals surface area contributed by atoms with Crippen molar-refractivity contribution in [3.8, 4) is 23.4 Å². The number of nitrogens with zero attached hydrogens (tertiary/aromatic N) is 3. The predicted octanol–water partition coefficient (Wildman–Crippen LogP) is 3.80. The van der Waals surface area contributed by atoms with Gasteiger partial charge in [0.1, 0.15) is 17.4 Å². The van der Waals surface area contributed by atoms with Gasteiger partial charge in [-0.3, -0.25) is 0 Å². The number of nitrogens with two attached hydrogens (primary N) is 1. The SMILES string of the molecule is CCOc1ccccc1[C@H]1C(C#N)=C(N)Oc2c1c(C)nn2-c1ccccc1. The molecule has 2 aromatic carbocycles. The Hall–Kier alpha value is -3.72. The Labute approximate surface area is 163 Å². The number of hydrogen-bond donors (Lipinski definition) is 1. The summed E-state index contributed by atoms with van der Waals surface area (Å²) in [5.41, 5.74) is 9.84. The molecule has 2 heterocycles. The molecule has 0 amide bonds. The van der Waals surface area contributed by atoms with Gasteiger partial charge in [0.05, 0.1) is 29.5 Å². The zero-order valence-corrected chi connectivity index (χ0v) is 15.7. The Balaban J connectivity index is 1.97. The number of hydrogen-bond acceptors (Lipinski definition) is 5. The molecule has 0 saturated carbocycles. The molecule has 6 nitrogen and oxygen atoms in total. The molecule has 1 aliphatic heterocycles. The maximum atomic E-state index is 9.82. The monoisotopic (exact) mass is 372 g/mol. The van der Waals surface area contributed by atoms with Crippen LogP contribution in [0.15, 0.2) is 66.1 Å². The van der Waals surface area contributed by atoms with Gasteiger partial charge in [-0.2, -0.15) is 10.4 Å². The number of para-hydroxylation sites is 2. The van der Waals surface area contributed by atoms with Gasteiger partial charge in [-0.1, -0.05) is 36.4 Å². The first-order valence-corrected chi connectivity index (χ1v) is 9.10. The number of allylic oxidation sites excluding steroid dienone is 1. The summed E-state index contributed by atoms with van der Waals surface area (Å²) < 4.78 is 13.4. The van der Waals surface area contributed by atoms with E-state index in [2.05, 4.69) is 11.2 Å². The summed E-state index contributed by atoms with van der Waals surface area (Å²) in [7, 11) is 0. The van der Waals surface area contributed by atoms with Crippen molar-refractivity contribution >= 4 is 0 Å². The fourth-order valence-electron chi connectivity index (χ4n) is 3.58. The molecule has 0 fully saturated rings. The minimum atomic E-state index is -0.408. The van der Waals surface area contributed by atoms with Gasteiger partial charge in [-0.25, -0.2) is 4.68 Å². The molecular weight excluding hydrogens is 352 g/mol. The van der Waals surface area contributed by atoms with Crippen molar-refractivity contribution in [2.45, 2.75) is 19.8 Å². The summed E-state index contributed by atoms with van der Waals surface area (Å²) in [5.74, 6) is 0.920. The van der Waals surface area contributed by atoms with E-state index in [1.54, 1.807) is 4.68 Å². The second kappa shape index (κ2) is 7.12. The van der Waals surface area contributed by atoms with Crippen LogP contribution in [0.2, 0.25) is 0 Å². The molecule has 3 aromatic rings. The molecule has 140 valence electrons. The van der Waals surface area contributed by atoms with E-state index in [1.165, 1.54) is 0 Å². The maximum Gasteiger partial charge on any atom is 0.229 e. The van der Waals surface area contributed by atoms with Crippen molar-refractivity contribution in [3.05, 3.63) is 82.9 Å². The minimum Gasteiger partial charge on any atom is -0.494 e. The van der Waals surface area contributed by atoms with Gasteiger partial charge >= 0.3 is 0 Å². The largest absolute Gasteiger partial charge is 0.494 e. The zero-order valence-electron chi connectivity index (χ0n) is 15.7. The molecule has 2 N–H and O–H groups in total. The fraction of sp³-hybridized carbons (Fsp3) is 0.182. The van der Waals surface area contributed by atoms with Crippen LogP contribution in [0.1, 0.15) is 29.7 Å². The van der Waals surface area contributed by atoms with Crippen molar-refractivity contribution in [2.75, 3.05) is 6.61 Å². The molecule has 0 aliphatic carbocycles. The van der Waals surface area contributed by atoms with Gasteiger partial charge in [0.25, 0.3) is 0 Å². The standard InChI is InChI=1S/C22H20N4O2/c1-3-27-18-12-8-7-11-16(18)20-17(13-23)21(24)28-22-19(20)14(2)25-26(22)15-9-5-4-6-10-15/h4-12,20H,3,24H2,1-2H3/t20-/m0/s1. The summed E-state index contributed by atoms with van der Waals surface area (Å²) in [5, 5.41) is 14.5. The highest BCUT2D eigenvalue weighted by Gasteiger charge is 2.37. The number of rotatable bonds is 4. The van der Waals surface area contributed by atoms with E-state index in [9.17, 15) is 5.26 Å². The summed E-state index contributed by atoms with van der Waals surface area (Å²) in [6, 6.07) is 19.6. The Bertz CT molecular complexity index is 1090. The van der Waals surface area contributed by atoms with E-state index in [4.69, 9.17) is 15.2 Å². The molecular formula is C22H20N4O2. The topological polar surface area (TPSA) is 86.1 Å². The van der Waals surface area contributed by atoms with Crippen molar-refractivity contribution < 1.29 is 9.47 Å². The van der Waals surface area contributed by atoms with Gasteiger partial charge < -0.3 is 15.2 Å². The van der Waals surface area contributed by atoms with E-state index in [1.807, 2.05) is 68.4 Å². The number of aromatic nitrogens is 2. The van der Waals surface area contributed by atoms with Crippen molar-refractivity contribution in [2.24, 2.45) is 5.73 Å². The molecule has 1 aliphatic rings. The molecule has 28 heavy (non-hydrogen) atoms. The lowest BCUT2D eigenvalue weighted by atomic mass is 9.83. The molecule has 0 bridgehead atoms. The first-order chi connectivity index (χ1) is 13.7. The first kappa shape index (κ1) is 17.7. The highest BCUT2D eigenvalue weighted by atomic mass is 16.5. The van der Waals surface area contributed by atoms with Crippen LogP contribution in [-0.4, -0.2) is 16.4 Å². The van der Waals surface area contributed by atoms with E-state index < -0.39 is 5.92 Å². The van der Waals surface area contributed by atoms with Crippen molar-refractivity contribution in [3.63, 3.8) is 0 Å². The van der Waals surface area contributed by atoms with Crippen molar-refractivity contribution in [1.82, 2.24) is 9.78 Å². The molecule has 6 heteroatoms. The lowest BCUT2D eigenvalue weighted by molar-refractivity contribution is 0.333. The number of ether oxygens (including phenoxy) is 2. The maximum absolute atomic E-state index is 9.82. The van der Waals surface area contributed by atoms with Gasteiger partial charge in [0.15, 0.2) is 0 Å². The first-order valence-electron chi connectivity index (χ1n) is 9.10. The predicted molar refractivity (Wildman–Crippen MR) is 105 cm³/mol. The zero-order chi connectivity index (χ0) is 19.7. The highest BCUT2D eigenvalue weighted by Crippen LogP contribution is 2.46. The van der Waals surface area contributed by atoms with Crippen LogP contribution < -0.4 is 15.2 Å². The number of nitriles is 1. The molecule has 1 aromatic heterocycles. The van der Waals surface area contributed by atoms with Gasteiger partial charge in [-0.15, -0.1) is 0 Å².